The maximum atomic E-state index is 4.21. The third kappa shape index (κ3) is 3.08. The normalized spacial score (nSPS) is 25.1. The molecule has 1 heterocycles. The Balaban J connectivity index is 1.61. The van der Waals surface area contributed by atoms with Crippen LogP contribution in [-0.4, -0.2) is 22.4 Å². The van der Waals surface area contributed by atoms with E-state index in [0.717, 1.165) is 25.0 Å². The standard InChI is InChI=1S/C13H23N3/c1-2-12-6-3-7-13(12)14-8-4-10-16-11-5-9-15-16/h5,9,11-14H,2-4,6-8,10H2,1H3. The number of aryl methyl sites for hydroxylation is 1. The molecular weight excluding hydrogens is 198 g/mol. The Bertz CT molecular complexity index is 281. The molecule has 1 aliphatic rings. The van der Waals surface area contributed by atoms with Crippen molar-refractivity contribution in [3.05, 3.63) is 18.5 Å². The molecule has 0 saturated heterocycles. The van der Waals surface area contributed by atoms with E-state index in [-0.39, 0.29) is 0 Å². The number of hydrogen-bond acceptors (Lipinski definition) is 2. The number of rotatable bonds is 6. The van der Waals surface area contributed by atoms with E-state index >= 15 is 0 Å². The van der Waals surface area contributed by atoms with Crippen LogP contribution in [0.1, 0.15) is 39.0 Å². The van der Waals surface area contributed by atoms with Gasteiger partial charge in [0.25, 0.3) is 0 Å². The lowest BCUT2D eigenvalue weighted by Gasteiger charge is -2.19. The zero-order chi connectivity index (χ0) is 11.2. The molecule has 1 aliphatic carbocycles. The molecule has 2 atom stereocenters. The predicted octanol–water partition coefficient (Wildman–Crippen LogP) is 2.44. The Labute approximate surface area is 98.2 Å². The summed E-state index contributed by atoms with van der Waals surface area (Å²) in [5.41, 5.74) is 0. The molecule has 2 rings (SSSR count). The molecule has 0 amide bonds. The molecule has 3 nitrogen and oxygen atoms in total. The molecule has 0 aliphatic heterocycles. The monoisotopic (exact) mass is 221 g/mol. The zero-order valence-electron chi connectivity index (χ0n) is 10.2. The molecule has 0 radical (unpaired) electrons. The fraction of sp³-hybridized carbons (Fsp3) is 0.769. The first-order valence-electron chi connectivity index (χ1n) is 6.61. The number of nitrogens with zero attached hydrogens (tertiary/aromatic N) is 2. The van der Waals surface area contributed by atoms with E-state index in [9.17, 15) is 0 Å². The minimum absolute atomic E-state index is 0.780. The predicted molar refractivity (Wildman–Crippen MR) is 66.3 cm³/mol. The van der Waals surface area contributed by atoms with Crippen LogP contribution in [0.3, 0.4) is 0 Å². The molecule has 1 aromatic heterocycles. The zero-order valence-corrected chi connectivity index (χ0v) is 10.2. The molecule has 0 aromatic carbocycles. The lowest BCUT2D eigenvalue weighted by atomic mass is 10.0. The summed E-state index contributed by atoms with van der Waals surface area (Å²) in [4.78, 5) is 0. The second-order valence-electron chi connectivity index (χ2n) is 4.78. The molecule has 90 valence electrons. The van der Waals surface area contributed by atoms with Gasteiger partial charge in [-0.3, -0.25) is 4.68 Å². The first-order valence-corrected chi connectivity index (χ1v) is 6.61. The van der Waals surface area contributed by atoms with E-state index in [1.54, 1.807) is 0 Å². The highest BCUT2D eigenvalue weighted by Crippen LogP contribution is 2.27. The average molecular weight is 221 g/mol. The molecule has 16 heavy (non-hydrogen) atoms. The largest absolute Gasteiger partial charge is 0.314 e. The summed E-state index contributed by atoms with van der Waals surface area (Å²) in [5.74, 6) is 0.921. The summed E-state index contributed by atoms with van der Waals surface area (Å²) < 4.78 is 2.01. The molecular formula is C13H23N3. The molecule has 1 fully saturated rings. The fourth-order valence-electron chi connectivity index (χ4n) is 2.76. The topological polar surface area (TPSA) is 29.9 Å². The highest BCUT2D eigenvalue weighted by atomic mass is 15.3. The van der Waals surface area contributed by atoms with E-state index in [0.29, 0.717) is 0 Å². The van der Waals surface area contributed by atoms with Gasteiger partial charge < -0.3 is 5.32 Å². The lowest BCUT2D eigenvalue weighted by molar-refractivity contribution is 0.382. The second kappa shape index (κ2) is 6.04. The number of hydrogen-bond donors (Lipinski definition) is 1. The Morgan fingerprint density at radius 1 is 1.44 bits per heavy atom. The van der Waals surface area contributed by atoms with Crippen LogP contribution in [0, 0.1) is 5.92 Å². The summed E-state index contributed by atoms with van der Waals surface area (Å²) in [6.07, 6.45) is 10.6. The van der Waals surface area contributed by atoms with E-state index in [4.69, 9.17) is 0 Å². The molecule has 0 spiro atoms. The van der Waals surface area contributed by atoms with Crippen LogP contribution in [0.15, 0.2) is 18.5 Å². The summed E-state index contributed by atoms with van der Waals surface area (Å²) in [6, 6.07) is 2.76. The highest BCUT2D eigenvalue weighted by molar-refractivity contribution is 4.82. The Kier molecular flexibility index (Phi) is 4.40. The third-order valence-corrected chi connectivity index (χ3v) is 3.71. The third-order valence-electron chi connectivity index (χ3n) is 3.71. The van der Waals surface area contributed by atoms with E-state index in [1.807, 2.05) is 23.1 Å². The second-order valence-corrected chi connectivity index (χ2v) is 4.78. The van der Waals surface area contributed by atoms with Crippen molar-refractivity contribution in [1.29, 1.82) is 0 Å². The van der Waals surface area contributed by atoms with E-state index in [1.165, 1.54) is 32.1 Å². The van der Waals surface area contributed by atoms with Crippen molar-refractivity contribution in [1.82, 2.24) is 15.1 Å². The van der Waals surface area contributed by atoms with Gasteiger partial charge in [-0.2, -0.15) is 5.10 Å². The smallest absolute Gasteiger partial charge is 0.0489 e. The van der Waals surface area contributed by atoms with E-state index in [2.05, 4.69) is 17.3 Å². The van der Waals surface area contributed by atoms with Gasteiger partial charge in [-0.1, -0.05) is 19.8 Å². The lowest BCUT2D eigenvalue weighted by Crippen LogP contribution is -2.33. The van der Waals surface area contributed by atoms with Crippen LogP contribution in [0.5, 0.6) is 0 Å². The summed E-state index contributed by atoms with van der Waals surface area (Å²) in [6.45, 7) is 4.47. The Morgan fingerprint density at radius 3 is 3.12 bits per heavy atom. The highest BCUT2D eigenvalue weighted by Gasteiger charge is 2.24. The van der Waals surface area contributed by atoms with Crippen molar-refractivity contribution < 1.29 is 0 Å². The van der Waals surface area contributed by atoms with Gasteiger partial charge in [-0.15, -0.1) is 0 Å². The molecule has 1 N–H and O–H groups in total. The maximum absolute atomic E-state index is 4.21. The Morgan fingerprint density at radius 2 is 2.38 bits per heavy atom. The van der Waals surface area contributed by atoms with Crippen LogP contribution in [0.25, 0.3) is 0 Å². The van der Waals surface area contributed by atoms with Crippen molar-refractivity contribution in [3.8, 4) is 0 Å². The fourth-order valence-corrected chi connectivity index (χ4v) is 2.76. The maximum Gasteiger partial charge on any atom is 0.0489 e. The van der Waals surface area contributed by atoms with Crippen molar-refractivity contribution in [2.24, 2.45) is 5.92 Å². The van der Waals surface area contributed by atoms with Crippen LogP contribution >= 0.6 is 0 Å². The van der Waals surface area contributed by atoms with Crippen molar-refractivity contribution in [3.63, 3.8) is 0 Å². The first-order chi connectivity index (χ1) is 7.90. The number of aromatic nitrogens is 2. The minimum Gasteiger partial charge on any atom is -0.314 e. The average Bonchev–Trinajstić information content (AvgIpc) is 2.95. The van der Waals surface area contributed by atoms with Gasteiger partial charge in [0.2, 0.25) is 0 Å². The Hall–Kier alpha value is -0.830. The van der Waals surface area contributed by atoms with Crippen molar-refractivity contribution in [2.75, 3.05) is 6.54 Å². The van der Waals surface area contributed by atoms with Crippen LogP contribution < -0.4 is 5.32 Å². The van der Waals surface area contributed by atoms with Gasteiger partial charge in [0, 0.05) is 25.0 Å². The van der Waals surface area contributed by atoms with Crippen LogP contribution in [0.2, 0.25) is 0 Å². The van der Waals surface area contributed by atoms with Crippen molar-refractivity contribution >= 4 is 0 Å². The van der Waals surface area contributed by atoms with Gasteiger partial charge in [0.15, 0.2) is 0 Å². The number of nitrogens with one attached hydrogen (secondary N) is 1. The van der Waals surface area contributed by atoms with Gasteiger partial charge in [-0.05, 0) is 37.8 Å². The first kappa shape index (κ1) is 11.6. The van der Waals surface area contributed by atoms with E-state index < -0.39 is 0 Å². The molecule has 0 bridgehead atoms. The molecule has 2 unspecified atom stereocenters. The van der Waals surface area contributed by atoms with Crippen molar-refractivity contribution in [2.45, 2.75) is 51.6 Å². The van der Waals surface area contributed by atoms with Crippen LogP contribution in [-0.2, 0) is 6.54 Å². The van der Waals surface area contributed by atoms with Crippen LogP contribution in [0.4, 0.5) is 0 Å². The molecule has 1 saturated carbocycles. The quantitative estimate of drug-likeness (QED) is 0.748. The SMILES string of the molecule is CCC1CCCC1NCCCn1cccn1. The molecule has 3 heteroatoms. The van der Waals surface area contributed by atoms with Gasteiger partial charge in [0.05, 0.1) is 0 Å². The summed E-state index contributed by atoms with van der Waals surface area (Å²) in [5, 5.41) is 7.91. The minimum atomic E-state index is 0.780. The summed E-state index contributed by atoms with van der Waals surface area (Å²) in [7, 11) is 0. The summed E-state index contributed by atoms with van der Waals surface area (Å²) >= 11 is 0. The van der Waals surface area contributed by atoms with Gasteiger partial charge >= 0.3 is 0 Å². The molecule has 1 aromatic rings. The van der Waals surface area contributed by atoms with Gasteiger partial charge in [-0.25, -0.2) is 0 Å². The van der Waals surface area contributed by atoms with Gasteiger partial charge in [0.1, 0.15) is 0 Å².